The van der Waals surface area contributed by atoms with E-state index in [0.717, 1.165) is 0 Å². The number of hydrogen-bond acceptors (Lipinski definition) is 3. The first kappa shape index (κ1) is 16.9. The second-order valence-electron chi connectivity index (χ2n) is 5.20. The summed E-state index contributed by atoms with van der Waals surface area (Å²) < 4.78 is 22.8. The molecule has 0 aromatic heterocycles. The van der Waals surface area contributed by atoms with Gasteiger partial charge in [-0.2, -0.15) is 0 Å². The van der Waals surface area contributed by atoms with Crippen LogP contribution in [0.4, 0.5) is 0 Å². The van der Waals surface area contributed by atoms with Gasteiger partial charge in [-0.1, -0.05) is 25.4 Å². The van der Waals surface area contributed by atoms with Crippen molar-refractivity contribution in [3.8, 4) is 0 Å². The lowest BCUT2D eigenvalue weighted by atomic mass is 10.1. The molecule has 1 rings (SSSR count). The zero-order valence-electron chi connectivity index (χ0n) is 12.0. The Balaban J connectivity index is 3.31. The number of rotatable bonds is 4. The Morgan fingerprint density at radius 2 is 1.95 bits per heavy atom. The van der Waals surface area contributed by atoms with Crippen LogP contribution in [0.3, 0.4) is 0 Å². The summed E-state index contributed by atoms with van der Waals surface area (Å²) in [5.74, 6) is 0.0322. The maximum Gasteiger partial charge on any atom is 0.253 e. The van der Waals surface area contributed by atoms with Gasteiger partial charge in [0, 0.05) is 24.2 Å². The minimum Gasteiger partial charge on any atom is -0.341 e. The van der Waals surface area contributed by atoms with Crippen LogP contribution in [0.1, 0.15) is 29.8 Å². The molecule has 0 atom stereocenters. The number of carbonyl (C=O) groups is 1. The van der Waals surface area contributed by atoms with Crippen molar-refractivity contribution in [2.75, 3.05) is 13.6 Å². The Morgan fingerprint density at radius 1 is 1.40 bits per heavy atom. The Bertz CT molecular complexity index is 627. The van der Waals surface area contributed by atoms with E-state index in [9.17, 15) is 13.2 Å². The van der Waals surface area contributed by atoms with Crippen LogP contribution in [0.5, 0.6) is 0 Å². The summed E-state index contributed by atoms with van der Waals surface area (Å²) in [7, 11) is -2.24. The van der Waals surface area contributed by atoms with Gasteiger partial charge in [0.2, 0.25) is 10.0 Å². The van der Waals surface area contributed by atoms with Crippen molar-refractivity contribution >= 4 is 27.5 Å². The highest BCUT2D eigenvalue weighted by molar-refractivity contribution is 7.89. The van der Waals surface area contributed by atoms with Gasteiger partial charge in [0.1, 0.15) is 0 Å². The molecule has 7 heteroatoms. The number of sulfonamides is 1. The number of halogens is 1. The lowest BCUT2D eigenvalue weighted by Crippen LogP contribution is -2.31. The molecule has 1 aromatic rings. The van der Waals surface area contributed by atoms with E-state index in [1.165, 1.54) is 17.0 Å². The smallest absolute Gasteiger partial charge is 0.253 e. The molecule has 0 fully saturated rings. The minimum atomic E-state index is -3.90. The summed E-state index contributed by atoms with van der Waals surface area (Å²) in [6.45, 7) is 6.22. The third-order valence-corrected chi connectivity index (χ3v) is 4.15. The van der Waals surface area contributed by atoms with Crippen LogP contribution in [0, 0.1) is 12.8 Å². The average molecular weight is 319 g/mol. The number of hydrogen-bond donors (Lipinski definition) is 1. The molecule has 0 radical (unpaired) electrons. The molecule has 0 heterocycles. The summed E-state index contributed by atoms with van der Waals surface area (Å²) in [5, 5.41) is 5.30. The van der Waals surface area contributed by atoms with Crippen molar-refractivity contribution < 1.29 is 13.2 Å². The molecule has 0 aliphatic rings. The van der Waals surface area contributed by atoms with Gasteiger partial charge in [0.05, 0.1) is 4.90 Å². The summed E-state index contributed by atoms with van der Waals surface area (Å²) in [6.07, 6.45) is 0. The zero-order chi connectivity index (χ0) is 15.7. The van der Waals surface area contributed by atoms with Crippen LogP contribution >= 0.6 is 11.6 Å². The number of carbonyl (C=O) groups excluding carboxylic acids is 1. The van der Waals surface area contributed by atoms with E-state index in [4.69, 9.17) is 16.7 Å². The Labute approximate surface area is 124 Å². The molecular weight excluding hydrogens is 300 g/mol. The van der Waals surface area contributed by atoms with E-state index in [1.807, 2.05) is 13.8 Å². The lowest BCUT2D eigenvalue weighted by Gasteiger charge is -2.21. The first-order chi connectivity index (χ1) is 9.04. The third kappa shape index (κ3) is 3.94. The molecule has 0 aliphatic heterocycles. The maximum atomic E-state index is 12.4. The van der Waals surface area contributed by atoms with Crippen molar-refractivity contribution in [2.24, 2.45) is 11.1 Å². The lowest BCUT2D eigenvalue weighted by molar-refractivity contribution is 0.0778. The van der Waals surface area contributed by atoms with Gasteiger partial charge in [-0.25, -0.2) is 13.6 Å². The fraction of sp³-hybridized carbons (Fsp3) is 0.462. The molecule has 1 amide bonds. The first-order valence-corrected chi connectivity index (χ1v) is 8.05. The fourth-order valence-electron chi connectivity index (χ4n) is 1.88. The largest absolute Gasteiger partial charge is 0.341 e. The highest BCUT2D eigenvalue weighted by atomic mass is 35.5. The van der Waals surface area contributed by atoms with E-state index in [2.05, 4.69) is 0 Å². The van der Waals surface area contributed by atoms with E-state index < -0.39 is 10.0 Å². The average Bonchev–Trinajstić information content (AvgIpc) is 2.29. The van der Waals surface area contributed by atoms with Gasteiger partial charge < -0.3 is 4.90 Å². The van der Waals surface area contributed by atoms with Gasteiger partial charge in [-0.05, 0) is 30.5 Å². The van der Waals surface area contributed by atoms with Crippen molar-refractivity contribution in [2.45, 2.75) is 25.7 Å². The molecular formula is C13H19ClN2O3S. The van der Waals surface area contributed by atoms with Crippen molar-refractivity contribution in [1.29, 1.82) is 0 Å². The van der Waals surface area contributed by atoms with Crippen LogP contribution in [0.15, 0.2) is 17.0 Å². The highest BCUT2D eigenvalue weighted by Gasteiger charge is 2.20. The Morgan fingerprint density at radius 3 is 2.40 bits per heavy atom. The fourth-order valence-corrected chi connectivity index (χ4v) is 2.72. The van der Waals surface area contributed by atoms with E-state index in [-0.39, 0.29) is 21.4 Å². The molecule has 2 N–H and O–H groups in total. The second-order valence-corrected chi connectivity index (χ2v) is 7.17. The molecule has 5 nitrogen and oxygen atoms in total. The molecule has 1 aromatic carbocycles. The van der Waals surface area contributed by atoms with Gasteiger partial charge in [0.25, 0.3) is 5.91 Å². The number of amides is 1. The molecule has 0 bridgehead atoms. The number of nitrogens with zero attached hydrogens (tertiary/aromatic N) is 1. The number of benzene rings is 1. The normalized spacial score (nSPS) is 11.8. The van der Waals surface area contributed by atoms with E-state index in [0.29, 0.717) is 18.0 Å². The monoisotopic (exact) mass is 318 g/mol. The summed E-state index contributed by atoms with van der Waals surface area (Å²) in [5.41, 5.74) is 0.796. The van der Waals surface area contributed by atoms with Gasteiger partial charge in [0.15, 0.2) is 0 Å². The third-order valence-electron chi connectivity index (χ3n) is 2.86. The molecule has 20 heavy (non-hydrogen) atoms. The molecule has 0 spiro atoms. The van der Waals surface area contributed by atoms with Crippen LogP contribution in [0.25, 0.3) is 0 Å². The summed E-state index contributed by atoms with van der Waals surface area (Å²) >= 11 is 5.99. The van der Waals surface area contributed by atoms with Crippen molar-refractivity contribution in [3.63, 3.8) is 0 Å². The Hall–Kier alpha value is -1.11. The van der Waals surface area contributed by atoms with Crippen LogP contribution < -0.4 is 5.14 Å². The minimum absolute atomic E-state index is 0.158. The number of primary sulfonamides is 1. The maximum absolute atomic E-state index is 12.4. The van der Waals surface area contributed by atoms with Crippen LogP contribution in [0.2, 0.25) is 5.02 Å². The second kappa shape index (κ2) is 6.11. The van der Waals surface area contributed by atoms with Gasteiger partial charge in [-0.3, -0.25) is 4.79 Å². The van der Waals surface area contributed by atoms with Crippen molar-refractivity contribution in [1.82, 2.24) is 4.90 Å². The summed E-state index contributed by atoms with van der Waals surface area (Å²) in [4.78, 5) is 13.7. The van der Waals surface area contributed by atoms with Crippen molar-refractivity contribution in [3.05, 3.63) is 28.3 Å². The van der Waals surface area contributed by atoms with Gasteiger partial charge in [-0.15, -0.1) is 0 Å². The predicted molar refractivity (Wildman–Crippen MR) is 79.4 cm³/mol. The van der Waals surface area contributed by atoms with E-state index >= 15 is 0 Å². The standard InChI is InChI=1S/C13H19ClN2O3S/c1-8(2)7-16(4)13(17)11-5-10(20(15,18)19)6-12(14)9(11)3/h5-6,8H,7H2,1-4H3,(H2,15,18,19). The summed E-state index contributed by atoms with van der Waals surface area (Å²) in [6, 6.07) is 2.53. The molecule has 112 valence electrons. The number of nitrogens with two attached hydrogens (primary N) is 1. The first-order valence-electron chi connectivity index (χ1n) is 6.12. The van der Waals surface area contributed by atoms with Gasteiger partial charge >= 0.3 is 0 Å². The topological polar surface area (TPSA) is 80.5 Å². The molecule has 0 aliphatic carbocycles. The molecule has 0 unspecified atom stereocenters. The Kier molecular flexibility index (Phi) is 5.18. The molecule has 0 saturated heterocycles. The quantitative estimate of drug-likeness (QED) is 0.922. The van der Waals surface area contributed by atoms with E-state index in [1.54, 1.807) is 14.0 Å². The molecule has 0 saturated carbocycles. The van der Waals surface area contributed by atoms with Crippen LogP contribution in [-0.2, 0) is 10.0 Å². The predicted octanol–water partition coefficient (Wildman–Crippen LogP) is 2.02. The SMILES string of the molecule is Cc1c(Cl)cc(S(N)(=O)=O)cc1C(=O)N(C)CC(C)C. The van der Waals surface area contributed by atoms with Crippen LogP contribution in [-0.4, -0.2) is 32.8 Å². The highest BCUT2D eigenvalue weighted by Crippen LogP contribution is 2.25. The zero-order valence-corrected chi connectivity index (χ0v) is 13.5.